The molecular formula is C16H14Cl2F2O4. The lowest BCUT2D eigenvalue weighted by atomic mass is 9.88. The van der Waals surface area contributed by atoms with E-state index in [-0.39, 0.29) is 17.7 Å². The summed E-state index contributed by atoms with van der Waals surface area (Å²) in [6, 6.07) is 4.92. The molecule has 3 rings (SSSR count). The van der Waals surface area contributed by atoms with Crippen molar-refractivity contribution in [1.82, 2.24) is 0 Å². The van der Waals surface area contributed by atoms with Crippen LogP contribution in [0, 0.1) is 10.8 Å². The van der Waals surface area contributed by atoms with Crippen molar-refractivity contribution >= 4 is 29.2 Å². The highest BCUT2D eigenvalue weighted by atomic mass is 35.5. The largest absolute Gasteiger partial charge is 0.454 e. The Kier molecular flexibility index (Phi) is 3.96. The van der Waals surface area contributed by atoms with E-state index < -0.39 is 22.5 Å². The molecule has 0 bridgehead atoms. The maximum Gasteiger partial charge on any atom is 0.359 e. The molecule has 130 valence electrons. The number of alkyl halides is 1. The Morgan fingerprint density at radius 3 is 2.62 bits per heavy atom. The molecule has 2 aliphatic rings. The summed E-state index contributed by atoms with van der Waals surface area (Å²) in [6.07, 6.45) is 0.799. The van der Waals surface area contributed by atoms with Gasteiger partial charge in [0.1, 0.15) is 9.91 Å². The molecule has 1 aromatic rings. The number of halogens is 4. The molecule has 1 heterocycles. The Bertz CT molecular complexity index is 733. The third kappa shape index (κ3) is 2.12. The van der Waals surface area contributed by atoms with Crippen molar-refractivity contribution in [3.63, 3.8) is 0 Å². The number of rotatable bonds is 4. The first-order chi connectivity index (χ1) is 11.2. The lowest BCUT2D eigenvalue weighted by molar-refractivity contribution is -0.193. The van der Waals surface area contributed by atoms with Crippen LogP contribution in [0.1, 0.15) is 19.4 Å². The molecule has 0 spiro atoms. The Morgan fingerprint density at radius 1 is 1.33 bits per heavy atom. The van der Waals surface area contributed by atoms with E-state index in [0.717, 1.165) is 6.08 Å². The summed E-state index contributed by atoms with van der Waals surface area (Å²) >= 11 is 11.2. The highest BCUT2D eigenvalue weighted by Gasteiger charge is 2.88. The van der Waals surface area contributed by atoms with Crippen LogP contribution < -0.4 is 9.47 Å². The first-order valence-corrected chi connectivity index (χ1v) is 7.89. The molecule has 24 heavy (non-hydrogen) atoms. The van der Waals surface area contributed by atoms with Crippen LogP contribution in [0.5, 0.6) is 11.5 Å². The summed E-state index contributed by atoms with van der Waals surface area (Å²) in [5.74, 6) is -0.283. The molecule has 4 nitrogen and oxygen atoms in total. The molecular weight excluding hydrogens is 365 g/mol. The molecule has 2 atom stereocenters. The second-order valence-corrected chi connectivity index (χ2v) is 7.41. The highest BCUT2D eigenvalue weighted by molar-refractivity contribution is 6.56. The fourth-order valence-electron chi connectivity index (χ4n) is 3.65. The van der Waals surface area contributed by atoms with Crippen molar-refractivity contribution in [2.75, 3.05) is 6.79 Å². The van der Waals surface area contributed by atoms with Crippen molar-refractivity contribution in [2.24, 2.45) is 10.8 Å². The number of allylic oxidation sites excluding steroid dienone is 1. The molecule has 0 N–H and O–H groups in total. The minimum Gasteiger partial charge on any atom is -0.454 e. The fourth-order valence-corrected chi connectivity index (χ4v) is 3.95. The van der Waals surface area contributed by atoms with E-state index in [1.54, 1.807) is 18.2 Å². The number of carbonyl (C=O) groups is 1. The van der Waals surface area contributed by atoms with Crippen LogP contribution >= 0.6 is 23.2 Å². The second kappa shape index (κ2) is 5.49. The summed E-state index contributed by atoms with van der Waals surface area (Å²) in [6.45, 7) is 3.06. The summed E-state index contributed by atoms with van der Waals surface area (Å²) in [4.78, 5) is 15.5. The van der Waals surface area contributed by atoms with Gasteiger partial charge >= 0.3 is 5.97 Å². The number of hydrogen-bond donors (Lipinski definition) is 0. The maximum atomic E-state index is 15.5. The third-order valence-corrected chi connectivity index (χ3v) is 5.39. The minimum atomic E-state index is -2.25. The van der Waals surface area contributed by atoms with Crippen LogP contribution in [0.15, 0.2) is 28.8 Å². The molecule has 0 aromatic heterocycles. The van der Waals surface area contributed by atoms with Crippen LogP contribution in [0.3, 0.4) is 0 Å². The van der Waals surface area contributed by atoms with E-state index in [1.165, 1.54) is 13.8 Å². The van der Waals surface area contributed by atoms with Gasteiger partial charge in [0, 0.05) is 9.94 Å². The minimum absolute atomic E-state index is 0.0829. The van der Waals surface area contributed by atoms with E-state index in [9.17, 15) is 9.32 Å². The topological polar surface area (TPSA) is 44.8 Å². The van der Waals surface area contributed by atoms with Gasteiger partial charge in [-0.15, -0.1) is 0 Å². The van der Waals surface area contributed by atoms with Gasteiger partial charge in [0.25, 0.3) is 0 Å². The van der Waals surface area contributed by atoms with E-state index in [4.69, 9.17) is 32.7 Å². The SMILES string of the molecule is CC1(C)C(F)(C=C(Cl)Cl)C1(Cc1ccc2c(c1)OCO2)C(=O)OF. The smallest absolute Gasteiger partial charge is 0.359 e. The first kappa shape index (κ1) is 17.3. The quantitative estimate of drug-likeness (QED) is 0.776. The number of fused-ring (bicyclic) bond motifs is 1. The Morgan fingerprint density at radius 2 is 2.00 bits per heavy atom. The van der Waals surface area contributed by atoms with Gasteiger partial charge < -0.3 is 9.47 Å². The zero-order chi connectivity index (χ0) is 17.8. The van der Waals surface area contributed by atoms with Gasteiger partial charge in [-0.1, -0.05) is 43.1 Å². The standard InChI is InChI=1S/C16H14Cl2F2O4/c1-14(2)15(13(21)24-20,16(14,19)7-12(17)18)6-9-3-4-10-11(5-9)23-8-22-10/h3-5,7H,6,8H2,1-2H3. The van der Waals surface area contributed by atoms with Crippen LogP contribution in [-0.2, 0) is 16.2 Å². The van der Waals surface area contributed by atoms with Crippen molar-refractivity contribution in [3.8, 4) is 11.5 Å². The molecule has 0 radical (unpaired) electrons. The fraction of sp³-hybridized carbons (Fsp3) is 0.438. The average molecular weight is 379 g/mol. The molecule has 1 fully saturated rings. The number of ether oxygens (including phenoxy) is 2. The van der Waals surface area contributed by atoms with Gasteiger partial charge in [0.05, 0.1) is 0 Å². The van der Waals surface area contributed by atoms with Crippen LogP contribution in [0.4, 0.5) is 8.92 Å². The maximum absolute atomic E-state index is 15.5. The normalized spacial score (nSPS) is 29.1. The Labute approximate surface area is 147 Å². The van der Waals surface area contributed by atoms with E-state index in [2.05, 4.69) is 4.94 Å². The van der Waals surface area contributed by atoms with E-state index in [1.807, 2.05) is 0 Å². The first-order valence-electron chi connectivity index (χ1n) is 7.14. The van der Waals surface area contributed by atoms with Crippen LogP contribution in [-0.4, -0.2) is 18.4 Å². The zero-order valence-electron chi connectivity index (χ0n) is 12.9. The van der Waals surface area contributed by atoms with Crippen molar-refractivity contribution in [2.45, 2.75) is 25.9 Å². The van der Waals surface area contributed by atoms with Crippen molar-refractivity contribution in [1.29, 1.82) is 0 Å². The summed E-state index contributed by atoms with van der Waals surface area (Å²) in [7, 11) is 0. The molecule has 1 aliphatic carbocycles. The average Bonchev–Trinajstić information content (AvgIpc) is 2.87. The highest BCUT2D eigenvalue weighted by Crippen LogP contribution is 2.76. The lowest BCUT2D eigenvalue weighted by Gasteiger charge is -2.16. The molecule has 1 saturated carbocycles. The summed E-state index contributed by atoms with van der Waals surface area (Å²) in [5, 5.41) is 0. The van der Waals surface area contributed by atoms with Gasteiger partial charge in [-0.3, -0.25) is 4.94 Å². The predicted molar refractivity (Wildman–Crippen MR) is 83.3 cm³/mol. The van der Waals surface area contributed by atoms with Gasteiger partial charge in [-0.05, 0) is 30.2 Å². The van der Waals surface area contributed by atoms with Crippen LogP contribution in [0.2, 0.25) is 0 Å². The molecule has 1 aromatic carbocycles. The zero-order valence-corrected chi connectivity index (χ0v) is 14.4. The number of benzene rings is 1. The van der Waals surface area contributed by atoms with Gasteiger partial charge in [-0.25, -0.2) is 9.18 Å². The summed E-state index contributed by atoms with van der Waals surface area (Å²) in [5.41, 5.74) is -4.75. The molecule has 0 amide bonds. The van der Waals surface area contributed by atoms with E-state index in [0.29, 0.717) is 17.1 Å². The third-order valence-electron chi connectivity index (χ3n) is 5.17. The van der Waals surface area contributed by atoms with E-state index >= 15 is 4.39 Å². The molecule has 2 unspecified atom stereocenters. The molecule has 1 aliphatic heterocycles. The summed E-state index contributed by atoms with van der Waals surface area (Å²) < 4.78 is 38.3. The van der Waals surface area contributed by atoms with Crippen LogP contribution in [0.25, 0.3) is 0 Å². The Hall–Kier alpha value is -1.53. The molecule has 0 saturated heterocycles. The monoisotopic (exact) mass is 378 g/mol. The van der Waals surface area contributed by atoms with Gasteiger partial charge in [0.2, 0.25) is 6.79 Å². The molecule has 8 heteroatoms. The lowest BCUT2D eigenvalue weighted by Crippen LogP contribution is -2.28. The number of hydrogen-bond acceptors (Lipinski definition) is 4. The second-order valence-electron chi connectivity index (χ2n) is 6.41. The number of carbonyl (C=O) groups excluding carboxylic acids is 1. The van der Waals surface area contributed by atoms with Gasteiger partial charge in [-0.2, -0.15) is 0 Å². The predicted octanol–water partition coefficient (Wildman–Crippen LogP) is 4.44. The van der Waals surface area contributed by atoms with Crippen molar-refractivity contribution in [3.05, 3.63) is 34.3 Å². The Balaban J connectivity index is 2.03. The van der Waals surface area contributed by atoms with Crippen molar-refractivity contribution < 1.29 is 28.1 Å². The van der Waals surface area contributed by atoms with Gasteiger partial charge in [0.15, 0.2) is 17.2 Å².